The summed E-state index contributed by atoms with van der Waals surface area (Å²) in [4.78, 5) is 15.6. The van der Waals surface area contributed by atoms with Gasteiger partial charge in [-0.15, -0.1) is 0 Å². The van der Waals surface area contributed by atoms with Gasteiger partial charge < -0.3 is 5.32 Å². The lowest BCUT2D eigenvalue weighted by atomic mass is 10.2. The third kappa shape index (κ3) is 2.78. The number of aromatic nitrogens is 1. The maximum Gasteiger partial charge on any atom is 0.259 e. The molecule has 2 aromatic rings. The second-order valence-electron chi connectivity index (χ2n) is 3.42. The first kappa shape index (κ1) is 12.8. The van der Waals surface area contributed by atoms with Crippen LogP contribution in [0.15, 0.2) is 36.5 Å². The molecule has 0 saturated carbocycles. The molecule has 0 spiro atoms. The van der Waals surface area contributed by atoms with Crippen molar-refractivity contribution in [3.63, 3.8) is 0 Å². The van der Waals surface area contributed by atoms with E-state index in [1.807, 2.05) is 0 Å². The van der Waals surface area contributed by atoms with Crippen LogP contribution in [0.3, 0.4) is 0 Å². The van der Waals surface area contributed by atoms with E-state index in [0.29, 0.717) is 5.02 Å². The van der Waals surface area contributed by atoms with Crippen LogP contribution in [0, 0.1) is 5.82 Å². The van der Waals surface area contributed by atoms with Crippen LogP contribution in [0.25, 0.3) is 0 Å². The van der Waals surface area contributed by atoms with E-state index >= 15 is 0 Å². The average molecular weight is 285 g/mol. The van der Waals surface area contributed by atoms with E-state index in [9.17, 15) is 9.18 Å². The molecule has 0 radical (unpaired) electrons. The molecule has 0 aliphatic heterocycles. The van der Waals surface area contributed by atoms with Gasteiger partial charge in [-0.25, -0.2) is 9.37 Å². The molecular weight excluding hydrogens is 278 g/mol. The maximum atomic E-state index is 13.4. The van der Waals surface area contributed by atoms with Crippen molar-refractivity contribution in [3.8, 4) is 0 Å². The molecular formula is C12H7Cl2FN2O. The Morgan fingerprint density at radius 3 is 2.67 bits per heavy atom. The van der Waals surface area contributed by atoms with Crippen molar-refractivity contribution in [1.29, 1.82) is 0 Å². The van der Waals surface area contributed by atoms with Gasteiger partial charge >= 0.3 is 0 Å². The van der Waals surface area contributed by atoms with Crippen molar-refractivity contribution < 1.29 is 9.18 Å². The largest absolute Gasteiger partial charge is 0.305 e. The summed E-state index contributed by atoms with van der Waals surface area (Å²) < 4.78 is 13.4. The number of amides is 1. The number of benzene rings is 1. The van der Waals surface area contributed by atoms with E-state index in [4.69, 9.17) is 23.2 Å². The van der Waals surface area contributed by atoms with Gasteiger partial charge in [-0.1, -0.05) is 35.3 Å². The molecule has 2 rings (SSSR count). The molecule has 1 heterocycles. The minimum atomic E-state index is -0.621. The fraction of sp³-hybridized carbons (Fsp3) is 0. The van der Waals surface area contributed by atoms with Crippen LogP contribution in [0.4, 0.5) is 10.2 Å². The van der Waals surface area contributed by atoms with Gasteiger partial charge in [0.05, 0.1) is 15.6 Å². The molecule has 0 fully saturated rings. The lowest BCUT2D eigenvalue weighted by molar-refractivity contribution is 0.102. The number of hydrogen-bond acceptors (Lipinski definition) is 2. The van der Waals surface area contributed by atoms with E-state index in [0.717, 1.165) is 0 Å². The highest BCUT2D eigenvalue weighted by Crippen LogP contribution is 2.23. The predicted molar refractivity (Wildman–Crippen MR) is 68.6 cm³/mol. The Morgan fingerprint density at radius 2 is 2.00 bits per heavy atom. The summed E-state index contributed by atoms with van der Waals surface area (Å²) in [6, 6.07) is 7.07. The Labute approximate surface area is 113 Å². The van der Waals surface area contributed by atoms with Gasteiger partial charge in [0, 0.05) is 6.20 Å². The summed E-state index contributed by atoms with van der Waals surface area (Å²) in [6.45, 7) is 0. The number of anilines is 1. The highest BCUT2D eigenvalue weighted by atomic mass is 35.5. The van der Waals surface area contributed by atoms with Crippen molar-refractivity contribution >= 4 is 34.9 Å². The highest BCUT2D eigenvalue weighted by molar-refractivity contribution is 6.36. The van der Waals surface area contributed by atoms with Crippen LogP contribution in [-0.4, -0.2) is 10.9 Å². The van der Waals surface area contributed by atoms with E-state index in [-0.39, 0.29) is 16.4 Å². The van der Waals surface area contributed by atoms with Crippen LogP contribution in [0.5, 0.6) is 0 Å². The molecule has 6 heteroatoms. The van der Waals surface area contributed by atoms with Gasteiger partial charge in [0.1, 0.15) is 5.82 Å². The number of rotatable bonds is 2. The lowest BCUT2D eigenvalue weighted by Crippen LogP contribution is -2.14. The Bertz CT molecular complexity index is 604. The summed E-state index contributed by atoms with van der Waals surface area (Å²) in [7, 11) is 0. The third-order valence-electron chi connectivity index (χ3n) is 2.16. The number of nitrogens with zero attached hydrogens (tertiary/aromatic N) is 1. The van der Waals surface area contributed by atoms with Gasteiger partial charge in [0.25, 0.3) is 5.91 Å². The van der Waals surface area contributed by atoms with E-state index in [1.165, 1.54) is 30.5 Å². The van der Waals surface area contributed by atoms with Gasteiger partial charge in [0.2, 0.25) is 0 Å². The van der Waals surface area contributed by atoms with Gasteiger partial charge in [0.15, 0.2) is 5.82 Å². The Hall–Kier alpha value is -1.65. The minimum absolute atomic E-state index is 0.0784. The van der Waals surface area contributed by atoms with Crippen LogP contribution in [0.2, 0.25) is 10.0 Å². The molecule has 0 saturated heterocycles. The zero-order valence-corrected chi connectivity index (χ0v) is 10.5. The molecule has 1 N–H and O–H groups in total. The van der Waals surface area contributed by atoms with Gasteiger partial charge in [-0.3, -0.25) is 4.79 Å². The molecule has 0 bridgehead atoms. The standard InChI is InChI=1S/C12H7Cl2FN2O/c13-7-5-9(14)11(16-6-7)17-12(18)8-3-1-2-4-10(8)15/h1-6H,(H,16,17,18). The first-order valence-corrected chi connectivity index (χ1v) is 5.70. The third-order valence-corrected chi connectivity index (χ3v) is 2.65. The molecule has 0 aliphatic carbocycles. The summed E-state index contributed by atoms with van der Waals surface area (Å²) in [5.74, 6) is -1.10. The minimum Gasteiger partial charge on any atom is -0.305 e. The van der Waals surface area contributed by atoms with Crippen LogP contribution in [-0.2, 0) is 0 Å². The summed E-state index contributed by atoms with van der Waals surface area (Å²) in [6.07, 6.45) is 1.34. The maximum absolute atomic E-state index is 13.4. The molecule has 92 valence electrons. The molecule has 18 heavy (non-hydrogen) atoms. The van der Waals surface area contributed by atoms with E-state index in [2.05, 4.69) is 10.3 Å². The van der Waals surface area contributed by atoms with Crippen molar-refractivity contribution in [3.05, 3.63) is 58.0 Å². The summed E-state index contributed by atoms with van der Waals surface area (Å²) in [5, 5.41) is 2.95. The zero-order valence-electron chi connectivity index (χ0n) is 8.95. The molecule has 1 aromatic heterocycles. The zero-order chi connectivity index (χ0) is 13.1. The normalized spacial score (nSPS) is 10.2. The fourth-order valence-electron chi connectivity index (χ4n) is 1.33. The summed E-state index contributed by atoms with van der Waals surface area (Å²) >= 11 is 11.5. The van der Waals surface area contributed by atoms with Crippen molar-refractivity contribution in [2.75, 3.05) is 5.32 Å². The van der Waals surface area contributed by atoms with Gasteiger partial charge in [-0.05, 0) is 18.2 Å². The molecule has 0 atom stereocenters. The first-order chi connectivity index (χ1) is 8.58. The highest BCUT2D eigenvalue weighted by Gasteiger charge is 2.13. The number of pyridine rings is 1. The van der Waals surface area contributed by atoms with Crippen LogP contribution in [0.1, 0.15) is 10.4 Å². The summed E-state index contributed by atoms with van der Waals surface area (Å²) in [5.41, 5.74) is -0.0784. The second-order valence-corrected chi connectivity index (χ2v) is 4.26. The van der Waals surface area contributed by atoms with E-state index in [1.54, 1.807) is 6.07 Å². The van der Waals surface area contributed by atoms with Crippen molar-refractivity contribution in [2.24, 2.45) is 0 Å². The SMILES string of the molecule is O=C(Nc1ncc(Cl)cc1Cl)c1ccccc1F. The molecule has 1 amide bonds. The smallest absolute Gasteiger partial charge is 0.259 e. The van der Waals surface area contributed by atoms with Crippen molar-refractivity contribution in [2.45, 2.75) is 0 Å². The second kappa shape index (κ2) is 5.33. The fourth-order valence-corrected chi connectivity index (χ4v) is 1.75. The Kier molecular flexibility index (Phi) is 3.79. The van der Waals surface area contributed by atoms with Crippen LogP contribution < -0.4 is 5.32 Å². The Morgan fingerprint density at radius 1 is 1.28 bits per heavy atom. The Balaban J connectivity index is 2.24. The quantitative estimate of drug-likeness (QED) is 0.912. The predicted octanol–water partition coefficient (Wildman–Crippen LogP) is 3.78. The number of carbonyl (C=O) groups is 1. The number of nitrogens with one attached hydrogen (secondary N) is 1. The van der Waals surface area contributed by atoms with E-state index < -0.39 is 11.7 Å². The monoisotopic (exact) mass is 284 g/mol. The molecule has 0 unspecified atom stereocenters. The molecule has 3 nitrogen and oxygen atoms in total. The molecule has 1 aromatic carbocycles. The average Bonchev–Trinajstić information content (AvgIpc) is 2.33. The first-order valence-electron chi connectivity index (χ1n) is 4.95. The lowest BCUT2D eigenvalue weighted by Gasteiger charge is -2.06. The van der Waals surface area contributed by atoms with Crippen LogP contribution >= 0.6 is 23.2 Å². The van der Waals surface area contributed by atoms with Crippen molar-refractivity contribution in [1.82, 2.24) is 4.98 Å². The topological polar surface area (TPSA) is 42.0 Å². The molecule has 0 aliphatic rings. The number of hydrogen-bond donors (Lipinski definition) is 1. The number of carbonyl (C=O) groups excluding carboxylic acids is 1. The number of halogens is 3. The van der Waals surface area contributed by atoms with Gasteiger partial charge in [-0.2, -0.15) is 0 Å².